The minimum absolute atomic E-state index is 0.0913. The minimum Gasteiger partial charge on any atom is -0.481 e. The van der Waals surface area contributed by atoms with E-state index in [1.807, 2.05) is 0 Å². The summed E-state index contributed by atoms with van der Waals surface area (Å²) < 4.78 is 35.0. The summed E-state index contributed by atoms with van der Waals surface area (Å²) in [7, 11) is 0. The number of aliphatic carboxylic acids is 1. The first kappa shape index (κ1) is 26.5. The number of benzene rings is 3. The molecule has 3 aliphatic carbocycles. The van der Waals surface area contributed by atoms with Crippen molar-refractivity contribution in [3.63, 3.8) is 0 Å². The van der Waals surface area contributed by atoms with Crippen LogP contribution in [0.5, 0.6) is 0 Å². The smallest absolute Gasteiger partial charge is 0.308 e. The summed E-state index contributed by atoms with van der Waals surface area (Å²) in [5.74, 6) is -1.97. The highest BCUT2D eigenvalue weighted by Gasteiger charge is 2.47. The number of carbonyl (C=O) groups is 1. The van der Waals surface area contributed by atoms with Crippen LogP contribution in [0.15, 0.2) is 76.1 Å². The van der Waals surface area contributed by atoms with Crippen LogP contribution in [0.3, 0.4) is 0 Å². The highest BCUT2D eigenvalue weighted by molar-refractivity contribution is 5.95. The van der Waals surface area contributed by atoms with Crippen LogP contribution in [0, 0.1) is 29.4 Å². The molecule has 0 aliphatic heterocycles. The average Bonchev–Trinajstić information content (AvgIpc) is 3.45. The molecular formula is C34H26F2N4O4. The highest BCUT2D eigenvalue weighted by atomic mass is 19.1. The van der Waals surface area contributed by atoms with E-state index in [4.69, 9.17) is 14.4 Å². The lowest BCUT2D eigenvalue weighted by molar-refractivity contribution is -0.148. The van der Waals surface area contributed by atoms with E-state index >= 15 is 0 Å². The number of anilines is 1. The van der Waals surface area contributed by atoms with Crippen LogP contribution in [0.25, 0.3) is 55.5 Å². The molecule has 3 aliphatic rings. The molecule has 0 spiro atoms. The van der Waals surface area contributed by atoms with Gasteiger partial charge in [0.2, 0.25) is 5.43 Å². The van der Waals surface area contributed by atoms with Crippen molar-refractivity contribution in [2.24, 2.45) is 17.8 Å². The molecule has 3 heterocycles. The van der Waals surface area contributed by atoms with Gasteiger partial charge in [-0.3, -0.25) is 9.59 Å². The topological polar surface area (TPSA) is 121 Å². The van der Waals surface area contributed by atoms with Gasteiger partial charge in [0, 0.05) is 40.9 Å². The van der Waals surface area contributed by atoms with Crippen LogP contribution in [0.2, 0.25) is 0 Å². The largest absolute Gasteiger partial charge is 0.481 e. The van der Waals surface area contributed by atoms with Gasteiger partial charge >= 0.3 is 5.97 Å². The molecule has 3 N–H and O–H groups in total. The zero-order valence-corrected chi connectivity index (χ0v) is 23.3. The molecule has 10 heteroatoms. The lowest BCUT2D eigenvalue weighted by Crippen LogP contribution is -2.51. The number of carboxylic acid groups (broad SMARTS) is 1. The van der Waals surface area contributed by atoms with Crippen molar-refractivity contribution < 1.29 is 23.1 Å². The van der Waals surface area contributed by atoms with Gasteiger partial charge in [-0.25, -0.2) is 18.7 Å². The van der Waals surface area contributed by atoms with Crippen molar-refractivity contribution in [2.75, 3.05) is 5.32 Å². The number of hydrogen-bond donors (Lipinski definition) is 3. The molecule has 0 unspecified atom stereocenters. The molecule has 0 amide bonds. The second kappa shape index (κ2) is 9.97. The number of carboxylic acids is 1. The molecule has 3 aromatic carbocycles. The van der Waals surface area contributed by atoms with Crippen LogP contribution < -0.4 is 10.7 Å². The van der Waals surface area contributed by atoms with Crippen LogP contribution in [0.4, 0.5) is 14.6 Å². The number of rotatable bonds is 5. The molecule has 2 atom stereocenters. The van der Waals surface area contributed by atoms with Crippen LogP contribution >= 0.6 is 0 Å². The molecule has 3 aromatic heterocycles. The maximum absolute atomic E-state index is 14.6. The van der Waals surface area contributed by atoms with Crippen molar-refractivity contribution in [3.05, 3.63) is 88.7 Å². The first-order chi connectivity index (χ1) is 21.3. The van der Waals surface area contributed by atoms with Crippen LogP contribution in [0.1, 0.15) is 25.7 Å². The molecule has 3 saturated carbocycles. The van der Waals surface area contributed by atoms with Gasteiger partial charge in [-0.15, -0.1) is 0 Å². The van der Waals surface area contributed by atoms with Crippen molar-refractivity contribution >= 4 is 44.6 Å². The molecule has 3 fully saturated rings. The van der Waals surface area contributed by atoms with E-state index in [1.54, 1.807) is 48.5 Å². The van der Waals surface area contributed by atoms with Crippen LogP contribution in [-0.4, -0.2) is 32.1 Å². The van der Waals surface area contributed by atoms with Gasteiger partial charge in [-0.2, -0.15) is 0 Å². The Morgan fingerprint density at radius 3 is 2.50 bits per heavy atom. The number of halogens is 2. The number of nitrogens with one attached hydrogen (secondary N) is 2. The predicted molar refractivity (Wildman–Crippen MR) is 162 cm³/mol. The molecule has 220 valence electrons. The standard InChI is InChI=1S/C34H26F2N4O4/c35-19-12-22-23(15-37-31(22)24(36)13-19)33-38-25(14-28(40-33)39-30-17-7-5-16(6-8-17)29(30)34(42)43)18-9-10-21-27(11-18)44-26-4-2-1-3-20(26)32(21)41/h1-4,9-17,29-30,37H,5-8H2,(H,42,43)(H,38,39,40)/t16?,17?,29-,30-/m1/s1. The number of hydrogen-bond acceptors (Lipinski definition) is 6. The molecule has 0 radical (unpaired) electrons. The normalized spacial score (nSPS) is 21.3. The van der Waals surface area contributed by atoms with Crippen molar-refractivity contribution in [2.45, 2.75) is 31.7 Å². The van der Waals surface area contributed by atoms with Crippen molar-refractivity contribution in [1.29, 1.82) is 0 Å². The first-order valence-corrected chi connectivity index (χ1v) is 14.6. The molecule has 44 heavy (non-hydrogen) atoms. The number of aromatic nitrogens is 3. The van der Waals surface area contributed by atoms with E-state index < -0.39 is 23.5 Å². The third-order valence-corrected chi connectivity index (χ3v) is 9.37. The fourth-order valence-electron chi connectivity index (χ4n) is 7.27. The maximum Gasteiger partial charge on any atom is 0.308 e. The molecule has 6 aromatic rings. The van der Waals surface area contributed by atoms with E-state index in [0.717, 1.165) is 31.7 Å². The number of para-hydroxylation sites is 1. The summed E-state index contributed by atoms with van der Waals surface area (Å²) in [5.41, 5.74) is 2.31. The van der Waals surface area contributed by atoms with Gasteiger partial charge in [0.05, 0.1) is 27.9 Å². The lowest BCUT2D eigenvalue weighted by atomic mass is 9.61. The number of H-pyrrole nitrogens is 1. The third-order valence-electron chi connectivity index (χ3n) is 9.37. The summed E-state index contributed by atoms with van der Waals surface area (Å²) in [6.07, 6.45) is 5.20. The summed E-state index contributed by atoms with van der Waals surface area (Å²) >= 11 is 0. The highest BCUT2D eigenvalue weighted by Crippen LogP contribution is 2.46. The molecule has 2 bridgehead atoms. The van der Waals surface area contributed by atoms with Gasteiger partial charge in [-0.1, -0.05) is 18.2 Å². The minimum atomic E-state index is -0.828. The van der Waals surface area contributed by atoms with E-state index in [-0.39, 0.29) is 40.0 Å². The Morgan fingerprint density at radius 1 is 0.909 bits per heavy atom. The van der Waals surface area contributed by atoms with E-state index in [1.165, 1.54) is 12.3 Å². The van der Waals surface area contributed by atoms with E-state index in [9.17, 15) is 23.5 Å². The zero-order valence-electron chi connectivity index (χ0n) is 23.3. The number of nitrogens with zero attached hydrogens (tertiary/aromatic N) is 2. The number of fused-ring (bicyclic) bond motifs is 6. The first-order valence-electron chi connectivity index (χ1n) is 14.6. The SMILES string of the molecule is O=C(O)[C@@H]1C2CCC(CC2)[C@H]1Nc1cc(-c2ccc3c(=O)c4ccccc4oc3c2)nc(-c2c[nH]c3c(F)cc(F)cc23)n1. The van der Waals surface area contributed by atoms with Crippen LogP contribution in [-0.2, 0) is 4.79 Å². The van der Waals surface area contributed by atoms with Gasteiger partial charge in [0.15, 0.2) is 5.82 Å². The van der Waals surface area contributed by atoms with Gasteiger partial charge in [0.25, 0.3) is 0 Å². The Kier molecular flexibility index (Phi) is 6.01. The Hall–Kier alpha value is -5.12. The quantitative estimate of drug-likeness (QED) is 0.182. The number of aromatic amines is 1. The molecular weight excluding hydrogens is 566 g/mol. The summed E-state index contributed by atoms with van der Waals surface area (Å²) in [6, 6.07) is 15.7. The van der Waals surface area contributed by atoms with E-state index in [2.05, 4.69) is 10.3 Å². The molecule has 9 rings (SSSR count). The Bertz CT molecular complexity index is 2180. The van der Waals surface area contributed by atoms with Gasteiger partial charge in [-0.05, 0) is 67.9 Å². The summed E-state index contributed by atoms with van der Waals surface area (Å²) in [4.78, 5) is 37.9. The van der Waals surface area contributed by atoms with Gasteiger partial charge < -0.3 is 19.8 Å². The Balaban J connectivity index is 1.30. The third kappa shape index (κ3) is 4.24. The second-order valence-corrected chi connectivity index (χ2v) is 11.8. The summed E-state index contributed by atoms with van der Waals surface area (Å²) in [6.45, 7) is 0. The summed E-state index contributed by atoms with van der Waals surface area (Å²) in [5, 5.41) is 14.7. The van der Waals surface area contributed by atoms with E-state index in [0.29, 0.717) is 44.6 Å². The Morgan fingerprint density at radius 2 is 1.68 bits per heavy atom. The second-order valence-electron chi connectivity index (χ2n) is 11.8. The lowest BCUT2D eigenvalue weighted by Gasteiger charge is -2.47. The van der Waals surface area contributed by atoms with Crippen molar-refractivity contribution in [3.8, 4) is 22.6 Å². The molecule has 8 nitrogen and oxygen atoms in total. The fourth-order valence-corrected chi connectivity index (χ4v) is 7.27. The Labute approximate surface area is 248 Å². The fraction of sp³-hybridized carbons (Fsp3) is 0.235. The maximum atomic E-state index is 14.6. The van der Waals surface area contributed by atoms with Gasteiger partial charge in [0.1, 0.15) is 28.6 Å². The average molecular weight is 593 g/mol. The monoisotopic (exact) mass is 592 g/mol. The zero-order chi connectivity index (χ0) is 30.1. The molecule has 0 saturated heterocycles. The predicted octanol–water partition coefficient (Wildman–Crippen LogP) is 7.13. The van der Waals surface area contributed by atoms with Crippen molar-refractivity contribution in [1.82, 2.24) is 15.0 Å².